The Morgan fingerprint density at radius 3 is 1.79 bits per heavy atom. The van der Waals surface area contributed by atoms with Gasteiger partial charge in [-0.3, -0.25) is 0 Å². The predicted octanol–water partition coefficient (Wildman–Crippen LogP) is 2.30. The van der Waals surface area contributed by atoms with Crippen molar-refractivity contribution in [3.8, 4) is 0 Å². The first-order valence-electron chi connectivity index (χ1n) is 6.00. The lowest BCUT2D eigenvalue weighted by atomic mass is 10.6. The van der Waals surface area contributed by atoms with Gasteiger partial charge < -0.3 is 0 Å². The molecule has 2 unspecified atom stereocenters. The summed E-state index contributed by atoms with van der Waals surface area (Å²) < 4.78 is 121. The van der Waals surface area contributed by atoms with Crippen LogP contribution in [-0.4, -0.2) is 70.3 Å². The van der Waals surface area contributed by atoms with Crippen LogP contribution in [0.15, 0.2) is 0 Å². The summed E-state index contributed by atoms with van der Waals surface area (Å²) in [7, 11) is -8.74. The molecule has 0 saturated heterocycles. The number of hydrogen-bond donors (Lipinski definition) is 0. The fourth-order valence-corrected chi connectivity index (χ4v) is 6.56. The number of nitrogens with zero attached hydrogens (tertiary/aromatic N) is 2. The molecule has 0 aliphatic heterocycles. The Hall–Kier alpha value is -0.120. The molecule has 0 aromatic heterocycles. The van der Waals surface area contributed by atoms with E-state index in [1.165, 1.54) is 21.0 Å². The minimum absolute atomic E-state index is 0.204. The molecule has 0 amide bonds. The number of hydrazine groups is 1. The molecule has 0 aliphatic rings. The molecule has 5 nitrogen and oxygen atoms in total. The van der Waals surface area contributed by atoms with E-state index in [4.69, 9.17) is 0 Å². The molecule has 0 heterocycles. The summed E-state index contributed by atoms with van der Waals surface area (Å²) in [5, 5.41) is 1.79. The number of rotatable bonds is 8. The minimum atomic E-state index is -6.65. The molecule has 0 rings (SSSR count). The van der Waals surface area contributed by atoms with Gasteiger partial charge in [0.25, 0.3) is 9.84 Å². The van der Waals surface area contributed by atoms with Gasteiger partial charge in [0, 0.05) is 20.6 Å². The monoisotopic (exact) mass is 428 g/mol. The van der Waals surface area contributed by atoms with E-state index in [2.05, 4.69) is 0 Å². The summed E-state index contributed by atoms with van der Waals surface area (Å²) in [5.74, 6) is 0. The van der Waals surface area contributed by atoms with Gasteiger partial charge in [-0.2, -0.15) is 26.3 Å². The zero-order valence-corrected chi connectivity index (χ0v) is 15.1. The van der Waals surface area contributed by atoms with E-state index in [0.29, 0.717) is 0 Å². The van der Waals surface area contributed by atoms with Gasteiger partial charge in [-0.15, -0.1) is 0 Å². The maximum atomic E-state index is 12.9. The molecule has 24 heavy (non-hydrogen) atoms. The van der Waals surface area contributed by atoms with Gasteiger partial charge in [0.05, 0.1) is 6.54 Å². The van der Waals surface area contributed by atoms with Crippen LogP contribution in [0.4, 0.5) is 30.7 Å². The molecule has 0 spiro atoms. The molecule has 15 heteroatoms. The molecule has 2 atom stereocenters. The minimum Gasteiger partial charge on any atom is -0.248 e. The van der Waals surface area contributed by atoms with E-state index in [1.807, 2.05) is 0 Å². The highest BCUT2D eigenvalue weighted by atomic mass is 32.3. The van der Waals surface area contributed by atoms with Gasteiger partial charge in [-0.1, -0.05) is 18.7 Å². The van der Waals surface area contributed by atoms with Crippen molar-refractivity contribution in [1.82, 2.24) is 10.0 Å². The van der Waals surface area contributed by atoms with Crippen LogP contribution in [0, 0.1) is 0 Å². The molecule has 0 saturated carbocycles. The Kier molecular flexibility index (Phi) is 8.01. The SMILES string of the molecule is CCN(CC(SCF)(S(=O)C(F)(F)F)S(=O)(=O)C(F)(F)F)N(C)C. The molecule has 0 radical (unpaired) electrons. The Balaban J connectivity index is 6.57. The van der Waals surface area contributed by atoms with E-state index in [-0.39, 0.29) is 6.54 Å². The summed E-state index contributed by atoms with van der Waals surface area (Å²) in [4.78, 5) is 0. The smallest absolute Gasteiger partial charge is 0.248 e. The van der Waals surface area contributed by atoms with Crippen LogP contribution in [0.3, 0.4) is 0 Å². The number of halogens is 7. The fourth-order valence-electron chi connectivity index (χ4n) is 1.62. The van der Waals surface area contributed by atoms with Crippen LogP contribution in [0.5, 0.6) is 0 Å². The molecule has 0 N–H and O–H groups in total. The van der Waals surface area contributed by atoms with E-state index >= 15 is 0 Å². The fraction of sp³-hybridized carbons (Fsp3) is 1.00. The van der Waals surface area contributed by atoms with Crippen molar-refractivity contribution in [1.29, 1.82) is 0 Å². The number of alkyl halides is 7. The average molecular weight is 428 g/mol. The van der Waals surface area contributed by atoms with E-state index in [0.717, 1.165) is 10.0 Å². The topological polar surface area (TPSA) is 57.7 Å². The lowest BCUT2D eigenvalue weighted by molar-refractivity contribution is -0.0474. The summed E-state index contributed by atoms with van der Waals surface area (Å²) in [6.45, 7) is -0.356. The van der Waals surface area contributed by atoms with Crippen molar-refractivity contribution < 1.29 is 43.4 Å². The van der Waals surface area contributed by atoms with Crippen LogP contribution in [0.1, 0.15) is 6.92 Å². The lowest BCUT2D eigenvalue weighted by Gasteiger charge is -2.38. The van der Waals surface area contributed by atoms with Crippen LogP contribution in [0.2, 0.25) is 0 Å². The Morgan fingerprint density at radius 1 is 1.08 bits per heavy atom. The first-order chi connectivity index (χ1) is 10.6. The maximum Gasteiger partial charge on any atom is 0.499 e. The average Bonchev–Trinajstić information content (AvgIpc) is 2.39. The highest BCUT2D eigenvalue weighted by Crippen LogP contribution is 2.48. The van der Waals surface area contributed by atoms with E-state index < -0.39 is 59.4 Å². The highest BCUT2D eigenvalue weighted by molar-refractivity contribution is 8.27. The van der Waals surface area contributed by atoms with Gasteiger partial charge in [0.2, 0.25) is 3.41 Å². The van der Waals surface area contributed by atoms with Crippen LogP contribution in [0.25, 0.3) is 0 Å². The van der Waals surface area contributed by atoms with E-state index in [1.54, 1.807) is 0 Å². The second-order valence-corrected chi connectivity index (χ2v) is 10.3. The third kappa shape index (κ3) is 4.74. The normalized spacial score (nSPS) is 18.0. The molecule has 0 aromatic carbocycles. The second-order valence-electron chi connectivity index (χ2n) is 4.43. The van der Waals surface area contributed by atoms with Gasteiger partial charge in [-0.05, 0) is 0 Å². The summed E-state index contributed by atoms with van der Waals surface area (Å²) >= 11 is -0.809. The number of thioether (sulfide) groups is 1. The zero-order chi connectivity index (χ0) is 19.6. The van der Waals surface area contributed by atoms with Crippen molar-refractivity contribution in [2.75, 3.05) is 33.2 Å². The largest absolute Gasteiger partial charge is 0.499 e. The van der Waals surface area contributed by atoms with Gasteiger partial charge in [-0.25, -0.2) is 27.0 Å². The van der Waals surface area contributed by atoms with Crippen LogP contribution < -0.4 is 0 Å². The molecular formula is C9H15F7N2O3S3. The van der Waals surface area contributed by atoms with Crippen LogP contribution in [-0.2, 0) is 20.6 Å². The zero-order valence-electron chi connectivity index (χ0n) is 12.6. The van der Waals surface area contributed by atoms with E-state index in [9.17, 15) is 43.4 Å². The van der Waals surface area contributed by atoms with Gasteiger partial charge in [0.15, 0.2) is 10.8 Å². The van der Waals surface area contributed by atoms with Crippen molar-refractivity contribution in [2.24, 2.45) is 0 Å². The molecule has 146 valence electrons. The van der Waals surface area contributed by atoms with Crippen molar-refractivity contribution in [3.63, 3.8) is 0 Å². The molecule has 0 fully saturated rings. The van der Waals surface area contributed by atoms with Gasteiger partial charge >= 0.3 is 11.0 Å². The Bertz CT molecular complexity index is 550. The predicted molar refractivity (Wildman–Crippen MR) is 76.4 cm³/mol. The third-order valence-corrected chi connectivity index (χ3v) is 9.07. The Labute approximate surface area is 140 Å². The first kappa shape index (κ1) is 23.9. The number of sulfone groups is 1. The molecule has 0 aromatic rings. The quantitative estimate of drug-likeness (QED) is 0.437. The van der Waals surface area contributed by atoms with Gasteiger partial charge in [0.1, 0.15) is 6.01 Å². The van der Waals surface area contributed by atoms with Crippen molar-refractivity contribution >= 4 is 32.4 Å². The highest BCUT2D eigenvalue weighted by Gasteiger charge is 2.69. The van der Waals surface area contributed by atoms with Crippen LogP contribution >= 0.6 is 11.8 Å². The number of hydrogen-bond acceptors (Lipinski definition) is 6. The second kappa shape index (κ2) is 8.05. The lowest BCUT2D eigenvalue weighted by Crippen LogP contribution is -2.58. The summed E-state index contributed by atoms with van der Waals surface area (Å²) in [5.41, 5.74) is -12.0. The Morgan fingerprint density at radius 2 is 1.54 bits per heavy atom. The maximum absolute atomic E-state index is 12.9. The van der Waals surface area contributed by atoms with Crippen molar-refractivity contribution in [2.45, 2.75) is 21.4 Å². The summed E-state index contributed by atoms with van der Waals surface area (Å²) in [6.07, 6.45) is 0. The third-order valence-electron chi connectivity index (χ3n) is 2.79. The molecule has 0 bridgehead atoms. The van der Waals surface area contributed by atoms with Crippen molar-refractivity contribution in [3.05, 3.63) is 0 Å². The first-order valence-corrected chi connectivity index (χ1v) is 9.62. The summed E-state index contributed by atoms with van der Waals surface area (Å²) in [6, 6.07) is -1.91. The molecular weight excluding hydrogens is 413 g/mol. The standard InChI is InChI=1S/C9H15F7N2O3S3/c1-4-18(17(2)3)5-7(22-6-10,23(19)8(11,12)13)24(20,21)9(14,15)16/h4-6H2,1-3H3. The molecule has 0 aliphatic carbocycles.